The molecule has 0 saturated carbocycles. The first-order valence-electron chi connectivity index (χ1n) is 11.4. The number of nitrogens with one attached hydrogen (secondary N) is 1. The number of Topliss-reactive ketones (excluding diaryl/α,β-unsaturated/α-hetero) is 1. The minimum absolute atomic E-state index is 0.0271. The van der Waals surface area contributed by atoms with E-state index in [1.54, 1.807) is 18.2 Å². The van der Waals surface area contributed by atoms with Crippen LogP contribution in [0.15, 0.2) is 42.5 Å². The molecule has 0 unspecified atom stereocenters. The molecule has 0 aromatic heterocycles. The number of ether oxygens (including phenoxy) is 2. The fourth-order valence-corrected chi connectivity index (χ4v) is 3.82. The van der Waals surface area contributed by atoms with Crippen LogP contribution < -0.4 is 14.8 Å². The highest BCUT2D eigenvalue weighted by atomic mass is 16.5. The number of benzene rings is 2. The number of hydrogen-bond acceptors (Lipinski definition) is 5. The number of carbonyl (C=O) groups is 2. The van der Waals surface area contributed by atoms with E-state index in [1.807, 2.05) is 12.1 Å². The lowest BCUT2D eigenvalue weighted by molar-refractivity contribution is -0.116. The lowest BCUT2D eigenvalue weighted by Gasteiger charge is -2.30. The van der Waals surface area contributed by atoms with Crippen LogP contribution in [0.4, 0.5) is 5.69 Å². The molecule has 6 nitrogen and oxygen atoms in total. The topological polar surface area (TPSA) is 67.9 Å². The third kappa shape index (κ3) is 7.09. The predicted molar refractivity (Wildman–Crippen MR) is 126 cm³/mol. The van der Waals surface area contributed by atoms with Crippen molar-refractivity contribution in [3.8, 4) is 11.5 Å². The smallest absolute Gasteiger partial charge is 0.224 e. The van der Waals surface area contributed by atoms with E-state index in [9.17, 15) is 9.59 Å². The van der Waals surface area contributed by atoms with E-state index < -0.39 is 0 Å². The van der Waals surface area contributed by atoms with Crippen molar-refractivity contribution < 1.29 is 19.1 Å². The van der Waals surface area contributed by atoms with Crippen LogP contribution in [0.2, 0.25) is 0 Å². The molecule has 3 rings (SSSR count). The molecule has 0 spiro atoms. The Morgan fingerprint density at radius 3 is 2.44 bits per heavy atom. The molecule has 1 fully saturated rings. The molecule has 172 valence electrons. The molecule has 1 aliphatic rings. The average Bonchev–Trinajstić information content (AvgIpc) is 2.79. The normalized spacial score (nSPS) is 14.7. The Labute approximate surface area is 190 Å². The van der Waals surface area contributed by atoms with Crippen molar-refractivity contribution in [3.63, 3.8) is 0 Å². The molecule has 1 saturated heterocycles. The van der Waals surface area contributed by atoms with Crippen LogP contribution in [0.1, 0.15) is 55.5 Å². The second-order valence-corrected chi connectivity index (χ2v) is 8.58. The summed E-state index contributed by atoms with van der Waals surface area (Å²) in [6.45, 7) is 7.51. The molecule has 1 N–H and O–H groups in total. The Hall–Kier alpha value is -2.86. The molecular formula is C26H34N2O4. The molecule has 0 radical (unpaired) electrons. The second kappa shape index (κ2) is 11.7. The van der Waals surface area contributed by atoms with Crippen molar-refractivity contribution in [2.24, 2.45) is 5.92 Å². The van der Waals surface area contributed by atoms with Crippen LogP contribution in [0.25, 0.3) is 0 Å². The van der Waals surface area contributed by atoms with Crippen molar-refractivity contribution >= 4 is 17.4 Å². The number of ketones is 1. The van der Waals surface area contributed by atoms with E-state index in [2.05, 4.69) is 29.3 Å². The molecule has 1 aliphatic heterocycles. The number of hydrogen-bond donors (Lipinski definition) is 1. The van der Waals surface area contributed by atoms with Gasteiger partial charge in [-0.05, 0) is 81.1 Å². The molecule has 2 aromatic carbocycles. The predicted octanol–water partition coefficient (Wildman–Crippen LogP) is 4.93. The number of likely N-dealkylation sites (tertiary alicyclic amines) is 1. The molecule has 1 amide bonds. The number of anilines is 1. The lowest BCUT2D eigenvalue weighted by atomic mass is 9.99. The maximum Gasteiger partial charge on any atom is 0.224 e. The van der Waals surface area contributed by atoms with Crippen molar-refractivity contribution in [3.05, 3.63) is 53.6 Å². The van der Waals surface area contributed by atoms with Crippen LogP contribution in [0.3, 0.4) is 0 Å². The summed E-state index contributed by atoms with van der Waals surface area (Å²) in [6, 6.07) is 13.2. The largest absolute Gasteiger partial charge is 0.493 e. The van der Waals surface area contributed by atoms with Gasteiger partial charge in [0, 0.05) is 24.2 Å². The van der Waals surface area contributed by atoms with E-state index in [4.69, 9.17) is 9.47 Å². The maximum absolute atomic E-state index is 12.3. The number of rotatable bonds is 10. The maximum atomic E-state index is 12.3. The van der Waals surface area contributed by atoms with Crippen LogP contribution in [0.5, 0.6) is 11.5 Å². The van der Waals surface area contributed by atoms with E-state index in [-0.39, 0.29) is 11.7 Å². The summed E-state index contributed by atoms with van der Waals surface area (Å²) >= 11 is 0. The minimum atomic E-state index is -0.0368. The van der Waals surface area contributed by atoms with Gasteiger partial charge in [-0.2, -0.15) is 0 Å². The van der Waals surface area contributed by atoms with Gasteiger partial charge in [0.05, 0.1) is 13.7 Å². The zero-order valence-corrected chi connectivity index (χ0v) is 19.4. The SMILES string of the molecule is COc1cc(C(C)=O)ccc1OCCCC(=O)Nc1ccc(CN2CCC(C)CC2)cc1. The summed E-state index contributed by atoms with van der Waals surface area (Å²) in [5.74, 6) is 1.85. The van der Waals surface area contributed by atoms with Crippen molar-refractivity contribution in [1.82, 2.24) is 4.90 Å². The number of carbonyl (C=O) groups excluding carboxylic acids is 2. The summed E-state index contributed by atoms with van der Waals surface area (Å²) in [7, 11) is 1.54. The summed E-state index contributed by atoms with van der Waals surface area (Å²) in [6.07, 6.45) is 3.49. The van der Waals surface area contributed by atoms with Crippen LogP contribution in [-0.2, 0) is 11.3 Å². The molecule has 0 aliphatic carbocycles. The van der Waals surface area contributed by atoms with Gasteiger partial charge in [-0.3, -0.25) is 14.5 Å². The monoisotopic (exact) mass is 438 g/mol. The average molecular weight is 439 g/mol. The quantitative estimate of drug-likeness (QED) is 0.421. The summed E-state index contributed by atoms with van der Waals surface area (Å²) in [5.41, 5.74) is 2.66. The van der Waals surface area contributed by atoms with E-state index in [0.29, 0.717) is 36.5 Å². The minimum Gasteiger partial charge on any atom is -0.493 e. The van der Waals surface area contributed by atoms with Crippen LogP contribution in [0, 0.1) is 5.92 Å². The molecule has 32 heavy (non-hydrogen) atoms. The Kier molecular flexibility index (Phi) is 8.68. The van der Waals surface area contributed by atoms with Gasteiger partial charge in [0.25, 0.3) is 0 Å². The van der Waals surface area contributed by atoms with Gasteiger partial charge < -0.3 is 14.8 Å². The molecule has 6 heteroatoms. The third-order valence-corrected chi connectivity index (χ3v) is 5.90. The second-order valence-electron chi connectivity index (χ2n) is 8.58. The van der Waals surface area contributed by atoms with Crippen LogP contribution in [-0.4, -0.2) is 43.4 Å². The molecular weight excluding hydrogens is 404 g/mol. The first-order chi connectivity index (χ1) is 15.4. The summed E-state index contributed by atoms with van der Waals surface area (Å²) < 4.78 is 11.0. The summed E-state index contributed by atoms with van der Waals surface area (Å²) in [5, 5.41) is 2.95. The lowest BCUT2D eigenvalue weighted by Crippen LogP contribution is -2.32. The van der Waals surface area contributed by atoms with Gasteiger partial charge in [0.1, 0.15) is 0 Å². The van der Waals surface area contributed by atoms with Gasteiger partial charge in [-0.1, -0.05) is 19.1 Å². The first kappa shape index (κ1) is 23.8. The Morgan fingerprint density at radius 1 is 1.06 bits per heavy atom. The molecule has 0 atom stereocenters. The van der Waals surface area contributed by atoms with Crippen molar-refractivity contribution in [1.29, 1.82) is 0 Å². The standard InChI is InChI=1S/C26H34N2O4/c1-19-12-14-28(15-13-19)18-21-6-9-23(10-7-21)27-26(30)5-4-16-32-24-11-8-22(20(2)29)17-25(24)31-3/h6-11,17,19H,4-5,12-16,18H2,1-3H3,(H,27,30). The number of piperidine rings is 1. The highest BCUT2D eigenvalue weighted by molar-refractivity contribution is 5.94. The zero-order valence-electron chi connectivity index (χ0n) is 19.4. The van der Waals surface area contributed by atoms with Crippen molar-refractivity contribution in [2.45, 2.75) is 46.1 Å². The van der Waals surface area contributed by atoms with E-state index >= 15 is 0 Å². The van der Waals surface area contributed by atoms with Gasteiger partial charge in [0.15, 0.2) is 17.3 Å². The number of amides is 1. The molecule has 2 aromatic rings. The number of nitrogens with zero attached hydrogens (tertiary/aromatic N) is 1. The molecule has 1 heterocycles. The Bertz CT molecular complexity index is 903. The zero-order chi connectivity index (χ0) is 22.9. The van der Waals surface area contributed by atoms with E-state index in [0.717, 1.165) is 31.2 Å². The fraction of sp³-hybridized carbons (Fsp3) is 0.462. The van der Waals surface area contributed by atoms with Gasteiger partial charge in [-0.25, -0.2) is 0 Å². The van der Waals surface area contributed by atoms with E-state index in [1.165, 1.54) is 32.4 Å². The highest BCUT2D eigenvalue weighted by Gasteiger charge is 2.15. The van der Waals surface area contributed by atoms with Crippen LogP contribution >= 0.6 is 0 Å². The molecule has 0 bridgehead atoms. The third-order valence-electron chi connectivity index (χ3n) is 5.90. The fourth-order valence-electron chi connectivity index (χ4n) is 3.82. The highest BCUT2D eigenvalue weighted by Crippen LogP contribution is 2.28. The number of methoxy groups -OCH3 is 1. The Morgan fingerprint density at radius 2 is 1.78 bits per heavy atom. The van der Waals surface area contributed by atoms with Gasteiger partial charge >= 0.3 is 0 Å². The van der Waals surface area contributed by atoms with Gasteiger partial charge in [0.2, 0.25) is 5.91 Å². The Balaban J connectivity index is 1.39. The van der Waals surface area contributed by atoms with Crippen molar-refractivity contribution in [2.75, 3.05) is 32.1 Å². The summed E-state index contributed by atoms with van der Waals surface area (Å²) in [4.78, 5) is 26.2. The first-order valence-corrected chi connectivity index (χ1v) is 11.4. The van der Waals surface area contributed by atoms with Gasteiger partial charge in [-0.15, -0.1) is 0 Å².